The number of halogens is 2. The summed E-state index contributed by atoms with van der Waals surface area (Å²) < 4.78 is 26.7. The minimum atomic E-state index is -0.748. The SMILES string of the molecule is CC1NC(=O)CCN(c2cc(F)ccc2F)C1=O. The van der Waals surface area contributed by atoms with Crippen molar-refractivity contribution in [2.45, 2.75) is 19.4 Å². The average Bonchev–Trinajstić information content (AvgIpc) is 2.44. The van der Waals surface area contributed by atoms with Crippen LogP contribution >= 0.6 is 0 Å². The molecule has 2 amide bonds. The van der Waals surface area contributed by atoms with Crippen molar-refractivity contribution >= 4 is 17.5 Å². The number of amides is 2. The number of hydrogen-bond donors (Lipinski definition) is 1. The molecule has 1 unspecified atom stereocenters. The number of anilines is 1. The van der Waals surface area contributed by atoms with Crippen molar-refractivity contribution in [1.29, 1.82) is 0 Å². The van der Waals surface area contributed by atoms with E-state index in [2.05, 4.69) is 5.32 Å². The molecular formula is C12H12F2N2O2. The fourth-order valence-corrected chi connectivity index (χ4v) is 1.86. The molecule has 1 atom stereocenters. The lowest BCUT2D eigenvalue weighted by Gasteiger charge is -2.22. The van der Waals surface area contributed by atoms with Crippen molar-refractivity contribution < 1.29 is 18.4 Å². The zero-order valence-corrected chi connectivity index (χ0v) is 9.74. The summed E-state index contributed by atoms with van der Waals surface area (Å²) in [6, 6.07) is 2.15. The van der Waals surface area contributed by atoms with E-state index in [0.717, 1.165) is 23.1 Å². The minimum absolute atomic E-state index is 0.0371. The first-order valence-electron chi connectivity index (χ1n) is 5.55. The molecule has 1 aliphatic heterocycles. The Morgan fingerprint density at radius 1 is 1.33 bits per heavy atom. The highest BCUT2D eigenvalue weighted by Crippen LogP contribution is 2.22. The van der Waals surface area contributed by atoms with Crippen LogP contribution in [0.1, 0.15) is 13.3 Å². The molecule has 1 aromatic rings. The van der Waals surface area contributed by atoms with Crippen molar-refractivity contribution in [2.75, 3.05) is 11.4 Å². The minimum Gasteiger partial charge on any atom is -0.345 e. The van der Waals surface area contributed by atoms with Gasteiger partial charge in [0.1, 0.15) is 17.7 Å². The van der Waals surface area contributed by atoms with Gasteiger partial charge < -0.3 is 10.2 Å². The molecule has 96 valence electrons. The summed E-state index contributed by atoms with van der Waals surface area (Å²) in [5.74, 6) is -2.05. The Hall–Kier alpha value is -1.98. The molecule has 6 heteroatoms. The molecule has 0 aliphatic carbocycles. The van der Waals surface area contributed by atoms with E-state index in [4.69, 9.17) is 0 Å². The Labute approximate surface area is 103 Å². The average molecular weight is 254 g/mol. The zero-order chi connectivity index (χ0) is 13.3. The highest BCUT2D eigenvalue weighted by atomic mass is 19.1. The maximum Gasteiger partial charge on any atom is 0.249 e. The highest BCUT2D eigenvalue weighted by molar-refractivity contribution is 6.01. The second-order valence-corrected chi connectivity index (χ2v) is 4.12. The third-order valence-corrected chi connectivity index (χ3v) is 2.78. The predicted molar refractivity (Wildman–Crippen MR) is 60.9 cm³/mol. The van der Waals surface area contributed by atoms with E-state index in [-0.39, 0.29) is 24.6 Å². The summed E-state index contributed by atoms with van der Waals surface area (Å²) >= 11 is 0. The van der Waals surface area contributed by atoms with Crippen LogP contribution < -0.4 is 10.2 Å². The third kappa shape index (κ3) is 2.32. The van der Waals surface area contributed by atoms with Crippen LogP contribution in [0, 0.1) is 11.6 Å². The van der Waals surface area contributed by atoms with Gasteiger partial charge in [0, 0.05) is 19.0 Å². The van der Waals surface area contributed by atoms with Crippen LogP contribution in [-0.4, -0.2) is 24.4 Å². The maximum absolute atomic E-state index is 13.6. The first-order chi connectivity index (χ1) is 8.49. The predicted octanol–water partition coefficient (Wildman–Crippen LogP) is 1.21. The lowest BCUT2D eigenvalue weighted by atomic mass is 10.2. The summed E-state index contributed by atoms with van der Waals surface area (Å²) in [5, 5.41) is 2.48. The smallest absolute Gasteiger partial charge is 0.249 e. The van der Waals surface area contributed by atoms with Crippen LogP contribution in [-0.2, 0) is 9.59 Å². The van der Waals surface area contributed by atoms with Crippen LogP contribution in [0.5, 0.6) is 0 Å². The molecule has 0 spiro atoms. The Kier molecular flexibility index (Phi) is 3.27. The van der Waals surface area contributed by atoms with E-state index in [0.29, 0.717) is 0 Å². The van der Waals surface area contributed by atoms with Crippen LogP contribution in [0.3, 0.4) is 0 Å². The Bertz CT molecular complexity index is 505. The first-order valence-corrected chi connectivity index (χ1v) is 5.55. The van der Waals surface area contributed by atoms with Crippen LogP contribution in [0.2, 0.25) is 0 Å². The number of carbonyl (C=O) groups is 2. The fraction of sp³-hybridized carbons (Fsp3) is 0.333. The second-order valence-electron chi connectivity index (χ2n) is 4.12. The van der Waals surface area contributed by atoms with Crippen molar-refractivity contribution in [3.05, 3.63) is 29.8 Å². The quantitative estimate of drug-likeness (QED) is 0.818. The van der Waals surface area contributed by atoms with E-state index < -0.39 is 23.6 Å². The van der Waals surface area contributed by atoms with E-state index in [1.165, 1.54) is 6.92 Å². The number of rotatable bonds is 1. The molecule has 18 heavy (non-hydrogen) atoms. The van der Waals surface area contributed by atoms with Gasteiger partial charge in [-0.2, -0.15) is 0 Å². The van der Waals surface area contributed by atoms with E-state index >= 15 is 0 Å². The maximum atomic E-state index is 13.6. The van der Waals surface area contributed by atoms with Crippen LogP contribution in [0.4, 0.5) is 14.5 Å². The van der Waals surface area contributed by atoms with Gasteiger partial charge in [-0.15, -0.1) is 0 Å². The molecule has 2 rings (SSSR count). The number of hydrogen-bond acceptors (Lipinski definition) is 2. The lowest BCUT2D eigenvalue weighted by Crippen LogP contribution is -2.43. The molecule has 1 aromatic carbocycles. The van der Waals surface area contributed by atoms with E-state index in [9.17, 15) is 18.4 Å². The molecule has 1 fully saturated rings. The Morgan fingerprint density at radius 3 is 2.78 bits per heavy atom. The molecule has 1 aliphatic rings. The van der Waals surface area contributed by atoms with Crippen LogP contribution in [0.15, 0.2) is 18.2 Å². The van der Waals surface area contributed by atoms with Gasteiger partial charge in [0.15, 0.2) is 0 Å². The third-order valence-electron chi connectivity index (χ3n) is 2.78. The summed E-state index contributed by atoms with van der Waals surface area (Å²) in [6.45, 7) is 1.55. The summed E-state index contributed by atoms with van der Waals surface area (Å²) in [4.78, 5) is 24.4. The second kappa shape index (κ2) is 4.72. The van der Waals surface area contributed by atoms with E-state index in [1.807, 2.05) is 0 Å². The highest BCUT2D eigenvalue weighted by Gasteiger charge is 2.29. The van der Waals surface area contributed by atoms with Gasteiger partial charge in [0.2, 0.25) is 11.8 Å². The van der Waals surface area contributed by atoms with Gasteiger partial charge in [0.25, 0.3) is 0 Å². The summed E-state index contributed by atoms with van der Waals surface area (Å²) in [5.41, 5.74) is -0.136. The molecule has 1 saturated heterocycles. The standard InChI is InChI=1S/C12H12F2N2O2/c1-7-12(18)16(5-4-11(17)15-7)10-6-8(13)2-3-9(10)14/h2-3,6-7H,4-5H2,1H3,(H,15,17). The van der Waals surface area contributed by atoms with Crippen LogP contribution in [0.25, 0.3) is 0 Å². The molecule has 4 nitrogen and oxygen atoms in total. The van der Waals surface area contributed by atoms with Crippen molar-refractivity contribution in [3.8, 4) is 0 Å². The van der Waals surface area contributed by atoms with Crippen molar-refractivity contribution in [3.63, 3.8) is 0 Å². The van der Waals surface area contributed by atoms with Gasteiger partial charge in [-0.05, 0) is 19.1 Å². The van der Waals surface area contributed by atoms with Gasteiger partial charge >= 0.3 is 0 Å². The monoisotopic (exact) mass is 254 g/mol. The molecule has 0 saturated carbocycles. The molecular weight excluding hydrogens is 242 g/mol. The van der Waals surface area contributed by atoms with Gasteiger partial charge in [-0.3, -0.25) is 9.59 Å². The number of nitrogens with zero attached hydrogens (tertiary/aromatic N) is 1. The molecule has 0 radical (unpaired) electrons. The summed E-state index contributed by atoms with van der Waals surface area (Å²) in [6.07, 6.45) is 0.0615. The topological polar surface area (TPSA) is 49.4 Å². The Balaban J connectivity index is 2.38. The number of nitrogens with one attached hydrogen (secondary N) is 1. The molecule has 1 heterocycles. The largest absolute Gasteiger partial charge is 0.345 e. The normalized spacial score (nSPS) is 20.6. The number of benzene rings is 1. The van der Waals surface area contributed by atoms with Gasteiger partial charge in [-0.25, -0.2) is 8.78 Å². The van der Waals surface area contributed by atoms with E-state index in [1.54, 1.807) is 0 Å². The van der Waals surface area contributed by atoms with Gasteiger partial charge in [-0.1, -0.05) is 0 Å². The molecule has 0 bridgehead atoms. The van der Waals surface area contributed by atoms with Crippen molar-refractivity contribution in [1.82, 2.24) is 5.32 Å². The summed E-state index contributed by atoms with van der Waals surface area (Å²) in [7, 11) is 0. The zero-order valence-electron chi connectivity index (χ0n) is 9.74. The Morgan fingerprint density at radius 2 is 2.06 bits per heavy atom. The first kappa shape index (κ1) is 12.5. The number of carbonyl (C=O) groups excluding carboxylic acids is 2. The molecule has 1 N–H and O–H groups in total. The fourth-order valence-electron chi connectivity index (χ4n) is 1.86. The lowest BCUT2D eigenvalue weighted by molar-refractivity contribution is -0.125. The van der Waals surface area contributed by atoms with Gasteiger partial charge in [0.05, 0.1) is 5.69 Å². The molecule has 0 aromatic heterocycles. The van der Waals surface area contributed by atoms with Crippen molar-refractivity contribution in [2.24, 2.45) is 0 Å².